The van der Waals surface area contributed by atoms with Gasteiger partial charge in [-0.05, 0) is 26.8 Å². The Morgan fingerprint density at radius 2 is 1.77 bits per heavy atom. The first kappa shape index (κ1) is 15.8. The number of carbonyl (C=O) groups is 2. The average molecular weight is 316 g/mol. The number of anilines is 1. The van der Waals surface area contributed by atoms with Gasteiger partial charge in [0.2, 0.25) is 0 Å². The zero-order valence-electron chi connectivity index (χ0n) is 12.0. The number of amides is 2. The Balaban J connectivity index is 2.32. The number of ether oxygens (including phenoxy) is 3. The summed E-state index contributed by atoms with van der Waals surface area (Å²) in [6.45, 7) is 4.92. The highest BCUT2D eigenvalue weighted by molar-refractivity contribution is 6.02. The first-order valence-electron chi connectivity index (χ1n) is 6.20. The van der Waals surface area contributed by atoms with Crippen LogP contribution in [0.2, 0.25) is 0 Å². The third-order valence-corrected chi connectivity index (χ3v) is 2.44. The van der Waals surface area contributed by atoms with E-state index in [-0.39, 0.29) is 22.7 Å². The molecule has 0 saturated carbocycles. The summed E-state index contributed by atoms with van der Waals surface area (Å²) < 4.78 is 39.5. The molecule has 0 fully saturated rings. The van der Waals surface area contributed by atoms with Gasteiger partial charge >= 0.3 is 12.4 Å². The van der Waals surface area contributed by atoms with Gasteiger partial charge < -0.3 is 19.9 Å². The first-order chi connectivity index (χ1) is 9.97. The number of halogens is 2. The lowest BCUT2D eigenvalue weighted by Crippen LogP contribution is -2.28. The summed E-state index contributed by atoms with van der Waals surface area (Å²) in [5.74, 6) is -1.62. The number of hydrogen-bond acceptors (Lipinski definition) is 5. The predicted molar refractivity (Wildman–Crippen MR) is 71.0 cm³/mol. The molecule has 1 aromatic carbocycles. The van der Waals surface area contributed by atoms with Crippen LogP contribution in [-0.4, -0.2) is 23.9 Å². The van der Waals surface area contributed by atoms with Gasteiger partial charge in [0.05, 0.1) is 11.3 Å². The standard InChI is InChI=1S/C13H14F2N2O5/c1-12(2,3)22-11(19)17-7-5-9-8(4-6(7)10(16)18)20-13(14,15)21-9/h4-5H,1-3H3,(H2,16,18)(H,17,19). The highest BCUT2D eigenvalue weighted by Crippen LogP contribution is 2.43. The molecule has 1 aliphatic heterocycles. The van der Waals surface area contributed by atoms with Gasteiger partial charge in [-0.2, -0.15) is 0 Å². The number of benzene rings is 1. The second-order valence-electron chi connectivity index (χ2n) is 5.50. The smallest absolute Gasteiger partial charge is 0.444 e. The summed E-state index contributed by atoms with van der Waals surface area (Å²) >= 11 is 0. The number of carbonyl (C=O) groups excluding carboxylic acids is 2. The maximum absolute atomic E-state index is 13.0. The normalized spacial score (nSPS) is 15.3. The van der Waals surface area contributed by atoms with Crippen molar-refractivity contribution in [3.05, 3.63) is 17.7 Å². The fraction of sp³-hybridized carbons (Fsp3) is 0.385. The number of nitrogens with two attached hydrogens (primary N) is 1. The van der Waals surface area contributed by atoms with Crippen LogP contribution in [0.25, 0.3) is 0 Å². The van der Waals surface area contributed by atoms with Gasteiger partial charge in [0.25, 0.3) is 5.91 Å². The molecule has 9 heteroatoms. The SMILES string of the molecule is CC(C)(C)OC(=O)Nc1cc2c(cc1C(N)=O)OC(F)(F)O2. The van der Waals surface area contributed by atoms with E-state index in [0.717, 1.165) is 12.1 Å². The number of alkyl halides is 2. The van der Waals surface area contributed by atoms with Gasteiger partial charge in [-0.3, -0.25) is 10.1 Å². The molecule has 0 saturated heterocycles. The number of nitrogens with one attached hydrogen (secondary N) is 1. The highest BCUT2D eigenvalue weighted by atomic mass is 19.3. The molecule has 0 aliphatic carbocycles. The summed E-state index contributed by atoms with van der Waals surface area (Å²) in [5, 5.41) is 2.26. The molecule has 22 heavy (non-hydrogen) atoms. The Morgan fingerprint density at radius 1 is 1.23 bits per heavy atom. The largest absolute Gasteiger partial charge is 0.586 e. The predicted octanol–water partition coefficient (Wildman–Crippen LogP) is 2.45. The maximum atomic E-state index is 13.0. The Labute approximate surface area is 124 Å². The molecular formula is C13H14F2N2O5. The van der Waals surface area contributed by atoms with Crippen molar-refractivity contribution in [1.82, 2.24) is 0 Å². The van der Waals surface area contributed by atoms with E-state index in [9.17, 15) is 18.4 Å². The molecule has 2 rings (SSSR count). The van der Waals surface area contributed by atoms with Crippen molar-refractivity contribution in [2.45, 2.75) is 32.7 Å². The minimum absolute atomic E-state index is 0.123. The van der Waals surface area contributed by atoms with Crippen molar-refractivity contribution in [3.63, 3.8) is 0 Å². The van der Waals surface area contributed by atoms with E-state index >= 15 is 0 Å². The van der Waals surface area contributed by atoms with Crippen LogP contribution in [0.3, 0.4) is 0 Å². The van der Waals surface area contributed by atoms with Crippen molar-refractivity contribution in [2.75, 3.05) is 5.32 Å². The molecule has 2 amide bonds. The minimum atomic E-state index is -3.85. The fourth-order valence-corrected chi connectivity index (χ4v) is 1.72. The molecule has 0 spiro atoms. The topological polar surface area (TPSA) is 99.9 Å². The molecule has 0 atom stereocenters. The molecule has 3 N–H and O–H groups in total. The Bertz CT molecular complexity index is 640. The summed E-state index contributed by atoms with van der Waals surface area (Å²) in [4.78, 5) is 23.1. The van der Waals surface area contributed by atoms with E-state index in [1.54, 1.807) is 20.8 Å². The van der Waals surface area contributed by atoms with Gasteiger partial charge in [-0.25, -0.2) is 4.79 Å². The summed E-state index contributed by atoms with van der Waals surface area (Å²) in [7, 11) is 0. The fourth-order valence-electron chi connectivity index (χ4n) is 1.72. The van der Waals surface area contributed by atoms with Crippen LogP contribution in [0.15, 0.2) is 12.1 Å². The zero-order chi connectivity index (χ0) is 16.7. The minimum Gasteiger partial charge on any atom is -0.444 e. The molecule has 0 aromatic heterocycles. The van der Waals surface area contributed by atoms with Crippen LogP contribution in [0.5, 0.6) is 11.5 Å². The van der Waals surface area contributed by atoms with Crippen LogP contribution < -0.4 is 20.5 Å². The second-order valence-corrected chi connectivity index (χ2v) is 5.50. The molecule has 0 unspecified atom stereocenters. The van der Waals surface area contributed by atoms with E-state index in [0.29, 0.717) is 0 Å². The third-order valence-electron chi connectivity index (χ3n) is 2.44. The van der Waals surface area contributed by atoms with E-state index in [1.165, 1.54) is 0 Å². The quantitative estimate of drug-likeness (QED) is 0.873. The van der Waals surface area contributed by atoms with Gasteiger partial charge in [0.15, 0.2) is 11.5 Å². The maximum Gasteiger partial charge on any atom is 0.586 e. The molecule has 1 heterocycles. The van der Waals surface area contributed by atoms with Gasteiger partial charge in [-0.15, -0.1) is 8.78 Å². The highest BCUT2D eigenvalue weighted by Gasteiger charge is 2.44. The van der Waals surface area contributed by atoms with E-state index in [1.807, 2.05) is 0 Å². The Hall–Kier alpha value is -2.58. The number of hydrogen-bond donors (Lipinski definition) is 2. The van der Waals surface area contributed by atoms with Gasteiger partial charge in [0.1, 0.15) is 5.60 Å². The Morgan fingerprint density at radius 3 is 2.27 bits per heavy atom. The van der Waals surface area contributed by atoms with Crippen LogP contribution in [-0.2, 0) is 4.74 Å². The molecule has 7 nitrogen and oxygen atoms in total. The van der Waals surface area contributed by atoms with E-state index in [2.05, 4.69) is 14.8 Å². The molecule has 1 aromatic rings. The number of fused-ring (bicyclic) bond motifs is 1. The molecule has 0 bridgehead atoms. The molecular weight excluding hydrogens is 302 g/mol. The van der Waals surface area contributed by atoms with Crippen molar-refractivity contribution in [1.29, 1.82) is 0 Å². The first-order valence-corrected chi connectivity index (χ1v) is 6.20. The van der Waals surface area contributed by atoms with E-state index < -0.39 is 23.9 Å². The van der Waals surface area contributed by atoms with Crippen molar-refractivity contribution < 1.29 is 32.6 Å². The summed E-state index contributed by atoms with van der Waals surface area (Å²) in [6.07, 6.45) is -4.72. The van der Waals surface area contributed by atoms with Crippen molar-refractivity contribution >= 4 is 17.7 Å². The molecule has 120 valence electrons. The van der Waals surface area contributed by atoms with Gasteiger partial charge in [0, 0.05) is 6.07 Å². The van der Waals surface area contributed by atoms with Crippen molar-refractivity contribution in [3.8, 4) is 11.5 Å². The second kappa shape index (κ2) is 5.00. The average Bonchev–Trinajstić information content (AvgIpc) is 2.57. The molecule has 0 radical (unpaired) electrons. The lowest BCUT2D eigenvalue weighted by molar-refractivity contribution is -0.286. The lowest BCUT2D eigenvalue weighted by Gasteiger charge is -2.20. The van der Waals surface area contributed by atoms with Crippen LogP contribution >= 0.6 is 0 Å². The van der Waals surface area contributed by atoms with E-state index in [4.69, 9.17) is 10.5 Å². The monoisotopic (exact) mass is 316 g/mol. The Kier molecular flexibility index (Phi) is 3.59. The summed E-state index contributed by atoms with van der Waals surface area (Å²) in [5.41, 5.74) is 4.05. The van der Waals surface area contributed by atoms with Crippen LogP contribution in [0, 0.1) is 0 Å². The van der Waals surface area contributed by atoms with Crippen molar-refractivity contribution in [2.24, 2.45) is 5.73 Å². The van der Waals surface area contributed by atoms with Crippen LogP contribution in [0.1, 0.15) is 31.1 Å². The third kappa shape index (κ3) is 3.54. The number of rotatable bonds is 2. The summed E-state index contributed by atoms with van der Waals surface area (Å²) in [6, 6.07) is 1.98. The van der Waals surface area contributed by atoms with Gasteiger partial charge in [-0.1, -0.05) is 0 Å². The van der Waals surface area contributed by atoms with Crippen LogP contribution in [0.4, 0.5) is 19.3 Å². The number of primary amides is 1. The lowest BCUT2D eigenvalue weighted by atomic mass is 10.1. The zero-order valence-corrected chi connectivity index (χ0v) is 12.0. The molecule has 1 aliphatic rings.